The highest BCUT2D eigenvalue weighted by Crippen LogP contribution is 2.13. The Balaban J connectivity index is 2.61. The van der Waals surface area contributed by atoms with E-state index in [-0.39, 0.29) is 12.8 Å². The van der Waals surface area contributed by atoms with Crippen molar-refractivity contribution in [2.45, 2.75) is 32.7 Å². The molecule has 0 bridgehead atoms. The number of aryl methyl sites for hydroxylation is 2. The number of anilines is 1. The van der Waals surface area contributed by atoms with Gasteiger partial charge in [0.1, 0.15) is 0 Å². The number of nitrogens with one attached hydrogen (secondary N) is 1. The van der Waals surface area contributed by atoms with Gasteiger partial charge in [-0.1, -0.05) is 0 Å². The van der Waals surface area contributed by atoms with Crippen LogP contribution in [0.25, 0.3) is 0 Å². The van der Waals surface area contributed by atoms with Crippen LogP contribution in [0.5, 0.6) is 0 Å². The maximum atomic E-state index is 11.7. The van der Waals surface area contributed by atoms with E-state index >= 15 is 0 Å². The Bertz CT molecular complexity index is 460. The van der Waals surface area contributed by atoms with E-state index in [1.54, 1.807) is 19.1 Å². The summed E-state index contributed by atoms with van der Waals surface area (Å²) in [5.41, 5.74) is 7.76. The van der Waals surface area contributed by atoms with Gasteiger partial charge in [0.2, 0.25) is 5.91 Å². The number of carbonyl (C=O) groups excluding carboxylic acids is 1. The van der Waals surface area contributed by atoms with Crippen molar-refractivity contribution in [2.24, 2.45) is 5.73 Å². The predicted octanol–water partition coefficient (Wildman–Crippen LogP) is 0.829. The molecule has 1 amide bonds. The first kappa shape index (κ1) is 14.1. The number of nitrogens with two attached hydrogens (primary N) is 1. The van der Waals surface area contributed by atoms with Gasteiger partial charge in [-0.3, -0.25) is 14.6 Å². The normalized spacial score (nSPS) is 11.9. The summed E-state index contributed by atoms with van der Waals surface area (Å²) in [6, 6.07) is 2.70. The topological polar surface area (TPSA) is 105 Å². The first-order valence-electron chi connectivity index (χ1n) is 5.62. The van der Waals surface area contributed by atoms with Crippen molar-refractivity contribution >= 4 is 17.6 Å². The molecular weight excluding hydrogens is 234 g/mol. The van der Waals surface area contributed by atoms with Crippen LogP contribution in [0.15, 0.2) is 12.1 Å². The predicted molar refractivity (Wildman–Crippen MR) is 67.2 cm³/mol. The fraction of sp³-hybridized carbons (Fsp3) is 0.417. The number of amides is 1. The van der Waals surface area contributed by atoms with Gasteiger partial charge in [-0.15, -0.1) is 0 Å². The molecular formula is C12H17N3O3. The molecule has 0 radical (unpaired) electrons. The monoisotopic (exact) mass is 251 g/mol. The Morgan fingerprint density at radius 3 is 2.67 bits per heavy atom. The summed E-state index contributed by atoms with van der Waals surface area (Å²) in [6.07, 6.45) is -0.0147. The summed E-state index contributed by atoms with van der Waals surface area (Å²) in [6.45, 7) is 3.64. The SMILES string of the molecule is Cc1ccc(NC(=O)C(N)CCC(=O)O)c(C)n1. The van der Waals surface area contributed by atoms with E-state index in [1.807, 2.05) is 6.92 Å². The summed E-state index contributed by atoms with van der Waals surface area (Å²) in [5.74, 6) is -1.36. The highest BCUT2D eigenvalue weighted by Gasteiger charge is 2.15. The van der Waals surface area contributed by atoms with Crippen molar-refractivity contribution in [2.75, 3.05) is 5.32 Å². The van der Waals surface area contributed by atoms with E-state index in [4.69, 9.17) is 10.8 Å². The highest BCUT2D eigenvalue weighted by molar-refractivity contribution is 5.95. The third-order valence-corrected chi connectivity index (χ3v) is 2.49. The Kier molecular flexibility index (Phi) is 4.79. The van der Waals surface area contributed by atoms with E-state index in [0.717, 1.165) is 5.69 Å². The molecule has 6 heteroatoms. The Hall–Kier alpha value is -1.95. The second-order valence-corrected chi connectivity index (χ2v) is 4.11. The lowest BCUT2D eigenvalue weighted by atomic mass is 10.1. The van der Waals surface area contributed by atoms with Crippen molar-refractivity contribution < 1.29 is 14.7 Å². The second kappa shape index (κ2) is 6.11. The van der Waals surface area contributed by atoms with Crippen LogP contribution >= 0.6 is 0 Å². The fourth-order valence-corrected chi connectivity index (χ4v) is 1.45. The van der Waals surface area contributed by atoms with Crippen molar-refractivity contribution in [1.82, 2.24) is 4.98 Å². The molecule has 1 rings (SSSR count). The van der Waals surface area contributed by atoms with E-state index in [9.17, 15) is 9.59 Å². The van der Waals surface area contributed by atoms with E-state index in [1.165, 1.54) is 0 Å². The third-order valence-electron chi connectivity index (χ3n) is 2.49. The summed E-state index contributed by atoms with van der Waals surface area (Å²) >= 11 is 0. The van der Waals surface area contributed by atoms with Crippen LogP contribution in [0, 0.1) is 13.8 Å². The molecule has 0 saturated carbocycles. The standard InChI is InChI=1S/C12H17N3O3/c1-7-3-5-10(8(2)14-7)15-12(18)9(13)4-6-11(16)17/h3,5,9H,4,6,13H2,1-2H3,(H,15,18)(H,16,17). The molecule has 0 aliphatic carbocycles. The van der Waals surface area contributed by atoms with E-state index in [2.05, 4.69) is 10.3 Å². The number of pyridine rings is 1. The molecule has 1 heterocycles. The van der Waals surface area contributed by atoms with E-state index in [0.29, 0.717) is 11.4 Å². The lowest BCUT2D eigenvalue weighted by molar-refractivity contribution is -0.137. The van der Waals surface area contributed by atoms with Gasteiger partial charge in [0.25, 0.3) is 0 Å². The second-order valence-electron chi connectivity index (χ2n) is 4.11. The quantitative estimate of drug-likeness (QED) is 0.718. The van der Waals surface area contributed by atoms with Gasteiger partial charge in [-0.2, -0.15) is 0 Å². The van der Waals surface area contributed by atoms with Crippen molar-refractivity contribution in [3.8, 4) is 0 Å². The number of carboxylic acid groups (broad SMARTS) is 1. The van der Waals surface area contributed by atoms with Crippen molar-refractivity contribution in [1.29, 1.82) is 0 Å². The zero-order valence-corrected chi connectivity index (χ0v) is 10.4. The molecule has 0 spiro atoms. The average Bonchev–Trinajstić information content (AvgIpc) is 2.29. The lowest BCUT2D eigenvalue weighted by Crippen LogP contribution is -2.36. The van der Waals surface area contributed by atoms with Crippen LogP contribution in [0.1, 0.15) is 24.2 Å². The number of aromatic nitrogens is 1. The van der Waals surface area contributed by atoms with Gasteiger partial charge in [-0.25, -0.2) is 0 Å². The van der Waals surface area contributed by atoms with Crippen LogP contribution in [0.3, 0.4) is 0 Å². The number of carboxylic acids is 1. The number of carbonyl (C=O) groups is 2. The number of nitrogens with zero attached hydrogens (tertiary/aromatic N) is 1. The van der Waals surface area contributed by atoms with Crippen LogP contribution in [0.2, 0.25) is 0 Å². The molecule has 1 aromatic heterocycles. The third kappa shape index (κ3) is 4.14. The van der Waals surface area contributed by atoms with Crippen molar-refractivity contribution in [3.63, 3.8) is 0 Å². The first-order chi connectivity index (χ1) is 8.40. The van der Waals surface area contributed by atoms with Gasteiger partial charge < -0.3 is 16.2 Å². The molecule has 0 aromatic carbocycles. The fourth-order valence-electron chi connectivity index (χ4n) is 1.45. The molecule has 6 nitrogen and oxygen atoms in total. The number of rotatable bonds is 5. The number of hydrogen-bond donors (Lipinski definition) is 3. The molecule has 4 N–H and O–H groups in total. The number of hydrogen-bond acceptors (Lipinski definition) is 4. The highest BCUT2D eigenvalue weighted by atomic mass is 16.4. The Morgan fingerprint density at radius 2 is 2.11 bits per heavy atom. The molecule has 0 aliphatic heterocycles. The van der Waals surface area contributed by atoms with Gasteiger partial charge >= 0.3 is 5.97 Å². The summed E-state index contributed by atoms with van der Waals surface area (Å²) in [4.78, 5) is 26.3. The largest absolute Gasteiger partial charge is 0.481 e. The van der Waals surface area contributed by atoms with Crippen LogP contribution in [-0.4, -0.2) is 28.0 Å². The average molecular weight is 251 g/mol. The molecule has 1 aromatic rings. The minimum Gasteiger partial charge on any atom is -0.481 e. The lowest BCUT2D eigenvalue weighted by Gasteiger charge is -2.12. The Labute approximate surface area is 105 Å². The van der Waals surface area contributed by atoms with Crippen LogP contribution in [0.4, 0.5) is 5.69 Å². The maximum absolute atomic E-state index is 11.7. The van der Waals surface area contributed by atoms with Gasteiger partial charge in [0, 0.05) is 12.1 Å². The zero-order valence-electron chi connectivity index (χ0n) is 10.4. The molecule has 1 atom stereocenters. The summed E-state index contributed by atoms with van der Waals surface area (Å²) < 4.78 is 0. The zero-order chi connectivity index (χ0) is 13.7. The summed E-state index contributed by atoms with van der Waals surface area (Å²) in [5, 5.41) is 11.2. The summed E-state index contributed by atoms with van der Waals surface area (Å²) in [7, 11) is 0. The molecule has 0 fully saturated rings. The molecule has 0 saturated heterocycles. The molecule has 18 heavy (non-hydrogen) atoms. The minimum absolute atomic E-state index is 0.111. The van der Waals surface area contributed by atoms with Gasteiger partial charge in [0.15, 0.2) is 0 Å². The van der Waals surface area contributed by atoms with Crippen molar-refractivity contribution in [3.05, 3.63) is 23.5 Å². The van der Waals surface area contributed by atoms with Crippen LogP contribution in [-0.2, 0) is 9.59 Å². The van der Waals surface area contributed by atoms with Gasteiger partial charge in [-0.05, 0) is 32.4 Å². The maximum Gasteiger partial charge on any atom is 0.303 e. The smallest absolute Gasteiger partial charge is 0.303 e. The first-order valence-corrected chi connectivity index (χ1v) is 5.62. The van der Waals surface area contributed by atoms with Gasteiger partial charge in [0.05, 0.1) is 17.4 Å². The Morgan fingerprint density at radius 1 is 1.44 bits per heavy atom. The molecule has 98 valence electrons. The number of aliphatic carboxylic acids is 1. The van der Waals surface area contributed by atoms with Crippen LogP contribution < -0.4 is 11.1 Å². The van der Waals surface area contributed by atoms with E-state index < -0.39 is 17.9 Å². The minimum atomic E-state index is -0.966. The molecule has 1 unspecified atom stereocenters. The molecule has 0 aliphatic rings.